The molecular formula is C27H28ClN3O2S. The summed E-state index contributed by atoms with van der Waals surface area (Å²) in [5.41, 5.74) is 1.83. The average molecular weight is 494 g/mol. The van der Waals surface area contributed by atoms with Gasteiger partial charge in [0.25, 0.3) is 5.91 Å². The van der Waals surface area contributed by atoms with E-state index in [2.05, 4.69) is 17.2 Å². The minimum Gasteiger partial charge on any atom is -0.494 e. The minimum absolute atomic E-state index is 0.0104. The number of hydrogen-bond donors (Lipinski definition) is 1. The Hall–Kier alpha value is -3.14. The summed E-state index contributed by atoms with van der Waals surface area (Å²) < 4.78 is 5.77. The minimum atomic E-state index is -0.487. The number of amides is 1. The van der Waals surface area contributed by atoms with Crippen molar-refractivity contribution in [2.75, 3.05) is 11.9 Å². The molecular weight excluding hydrogens is 466 g/mol. The molecule has 3 aromatic rings. The SMILES string of the molecule is CCCCCCCOc1ccc(/C=C(\C#N)C(=O)Nc2ncc(Cc3cccc(Cl)c3)s2)cc1. The molecule has 0 fully saturated rings. The van der Waals surface area contributed by atoms with E-state index in [4.69, 9.17) is 16.3 Å². The fraction of sp³-hybridized carbons (Fsp3) is 0.296. The lowest BCUT2D eigenvalue weighted by molar-refractivity contribution is -0.112. The largest absolute Gasteiger partial charge is 0.494 e. The van der Waals surface area contributed by atoms with Crippen LogP contribution in [-0.4, -0.2) is 17.5 Å². The first-order chi connectivity index (χ1) is 16.6. The number of hydrogen-bond acceptors (Lipinski definition) is 5. The monoisotopic (exact) mass is 493 g/mol. The number of thiazole rings is 1. The first-order valence-corrected chi connectivity index (χ1v) is 12.6. The van der Waals surface area contributed by atoms with Gasteiger partial charge in [0, 0.05) is 22.5 Å². The van der Waals surface area contributed by atoms with E-state index in [1.807, 2.05) is 54.6 Å². The van der Waals surface area contributed by atoms with E-state index in [-0.39, 0.29) is 5.57 Å². The average Bonchev–Trinajstić information content (AvgIpc) is 3.27. The van der Waals surface area contributed by atoms with Gasteiger partial charge in [-0.25, -0.2) is 4.98 Å². The Morgan fingerprint density at radius 3 is 2.71 bits per heavy atom. The number of halogens is 1. The number of aromatic nitrogens is 1. The highest BCUT2D eigenvalue weighted by molar-refractivity contribution is 7.15. The number of nitrogens with one attached hydrogen (secondary N) is 1. The van der Waals surface area contributed by atoms with Crippen LogP contribution in [0.5, 0.6) is 5.75 Å². The van der Waals surface area contributed by atoms with Gasteiger partial charge >= 0.3 is 0 Å². The third-order valence-corrected chi connectivity index (χ3v) is 6.26. The van der Waals surface area contributed by atoms with Gasteiger partial charge in [-0.15, -0.1) is 11.3 Å². The quantitative estimate of drug-likeness (QED) is 0.163. The lowest BCUT2D eigenvalue weighted by Crippen LogP contribution is -2.13. The summed E-state index contributed by atoms with van der Waals surface area (Å²) in [6.45, 7) is 2.89. The van der Waals surface area contributed by atoms with E-state index < -0.39 is 5.91 Å². The van der Waals surface area contributed by atoms with Gasteiger partial charge < -0.3 is 4.74 Å². The van der Waals surface area contributed by atoms with Gasteiger partial charge in [-0.3, -0.25) is 10.1 Å². The molecule has 34 heavy (non-hydrogen) atoms. The van der Waals surface area contributed by atoms with Gasteiger partial charge in [-0.05, 0) is 47.9 Å². The molecule has 1 aromatic heterocycles. The third-order valence-electron chi connectivity index (χ3n) is 5.11. The normalized spacial score (nSPS) is 11.1. The standard InChI is InChI=1S/C27H28ClN3O2S/c1-2-3-4-5-6-14-33-24-12-10-20(11-13-24)15-22(18-29)26(32)31-27-30-19-25(34-27)17-21-8-7-9-23(28)16-21/h7-13,15-16,19H,2-6,14,17H2,1H3,(H,30,31,32)/b22-15+. The van der Waals surface area contributed by atoms with Crippen molar-refractivity contribution in [3.63, 3.8) is 0 Å². The van der Waals surface area contributed by atoms with Gasteiger partial charge in [0.15, 0.2) is 5.13 Å². The Kier molecular flexibility index (Phi) is 10.1. The maximum Gasteiger partial charge on any atom is 0.268 e. The predicted octanol–water partition coefficient (Wildman–Crippen LogP) is 7.28. The molecule has 1 N–H and O–H groups in total. The molecule has 0 unspecified atom stereocenters. The van der Waals surface area contributed by atoms with Crippen molar-refractivity contribution >= 4 is 40.1 Å². The Balaban J connectivity index is 1.53. The molecule has 2 aromatic carbocycles. The first kappa shape index (κ1) is 25.5. The molecule has 0 saturated heterocycles. The zero-order valence-electron chi connectivity index (χ0n) is 19.2. The lowest BCUT2D eigenvalue weighted by atomic mass is 10.1. The molecule has 1 amide bonds. The maximum absolute atomic E-state index is 12.6. The predicted molar refractivity (Wildman–Crippen MR) is 139 cm³/mol. The Morgan fingerprint density at radius 1 is 1.18 bits per heavy atom. The molecule has 0 saturated carbocycles. The van der Waals surface area contributed by atoms with Crippen molar-refractivity contribution in [1.29, 1.82) is 5.26 Å². The zero-order chi connectivity index (χ0) is 24.2. The lowest BCUT2D eigenvalue weighted by Gasteiger charge is -2.06. The fourth-order valence-corrected chi connectivity index (χ4v) is 4.39. The number of carbonyl (C=O) groups excluding carboxylic acids is 1. The molecule has 0 radical (unpaired) electrons. The second-order valence-electron chi connectivity index (χ2n) is 7.89. The third kappa shape index (κ3) is 8.33. The van der Waals surface area contributed by atoms with Crippen molar-refractivity contribution in [3.05, 3.63) is 81.3 Å². The van der Waals surface area contributed by atoms with Crippen molar-refractivity contribution in [3.8, 4) is 11.8 Å². The number of anilines is 1. The van der Waals surface area contributed by atoms with Crippen LogP contribution < -0.4 is 10.1 Å². The number of rotatable bonds is 12. The number of ether oxygens (including phenoxy) is 1. The highest BCUT2D eigenvalue weighted by Gasteiger charge is 2.12. The van der Waals surface area contributed by atoms with E-state index in [1.54, 1.807) is 12.3 Å². The zero-order valence-corrected chi connectivity index (χ0v) is 20.8. The fourth-order valence-electron chi connectivity index (χ4n) is 3.33. The summed E-state index contributed by atoms with van der Waals surface area (Å²) in [5, 5.41) is 13.3. The van der Waals surface area contributed by atoms with Crippen LogP contribution in [0, 0.1) is 11.3 Å². The van der Waals surface area contributed by atoms with Crippen molar-refractivity contribution in [2.45, 2.75) is 45.4 Å². The van der Waals surface area contributed by atoms with Gasteiger partial charge in [-0.2, -0.15) is 5.26 Å². The summed E-state index contributed by atoms with van der Waals surface area (Å²) in [6.07, 6.45) is 9.91. The molecule has 0 aliphatic heterocycles. The van der Waals surface area contributed by atoms with Gasteiger partial charge in [-0.1, -0.05) is 68.5 Å². The van der Waals surface area contributed by atoms with E-state index in [1.165, 1.54) is 37.0 Å². The van der Waals surface area contributed by atoms with E-state index in [0.29, 0.717) is 23.2 Å². The van der Waals surface area contributed by atoms with Crippen LogP contribution in [-0.2, 0) is 11.2 Å². The smallest absolute Gasteiger partial charge is 0.268 e. The van der Waals surface area contributed by atoms with E-state index in [0.717, 1.165) is 28.2 Å². The molecule has 0 aliphatic carbocycles. The Labute approximate surface area is 210 Å². The van der Waals surface area contributed by atoms with Gasteiger partial charge in [0.2, 0.25) is 0 Å². The maximum atomic E-state index is 12.6. The van der Waals surface area contributed by atoms with Crippen molar-refractivity contribution < 1.29 is 9.53 Å². The number of unbranched alkanes of at least 4 members (excludes halogenated alkanes) is 4. The molecule has 0 spiro atoms. The van der Waals surface area contributed by atoms with Crippen LogP contribution in [0.2, 0.25) is 5.02 Å². The van der Waals surface area contributed by atoms with E-state index in [9.17, 15) is 10.1 Å². The van der Waals surface area contributed by atoms with Crippen LogP contribution in [0.1, 0.15) is 55.0 Å². The second-order valence-corrected chi connectivity index (χ2v) is 9.45. The summed E-state index contributed by atoms with van der Waals surface area (Å²) >= 11 is 7.41. The van der Waals surface area contributed by atoms with Crippen LogP contribution in [0.3, 0.4) is 0 Å². The summed E-state index contributed by atoms with van der Waals surface area (Å²) in [7, 11) is 0. The van der Waals surface area contributed by atoms with Crippen LogP contribution in [0.4, 0.5) is 5.13 Å². The molecule has 3 rings (SSSR count). The van der Waals surface area contributed by atoms with Gasteiger partial charge in [0.05, 0.1) is 6.61 Å². The number of nitriles is 1. The Morgan fingerprint density at radius 2 is 1.97 bits per heavy atom. The van der Waals surface area contributed by atoms with Crippen LogP contribution in [0.25, 0.3) is 6.08 Å². The van der Waals surface area contributed by atoms with Gasteiger partial charge in [0.1, 0.15) is 17.4 Å². The summed E-state index contributed by atoms with van der Waals surface area (Å²) in [6, 6.07) is 17.0. The molecule has 0 bridgehead atoms. The number of nitrogens with zero attached hydrogens (tertiary/aromatic N) is 2. The van der Waals surface area contributed by atoms with Crippen LogP contribution >= 0.6 is 22.9 Å². The van der Waals surface area contributed by atoms with Crippen molar-refractivity contribution in [1.82, 2.24) is 4.98 Å². The Bertz CT molecular complexity index is 1150. The summed E-state index contributed by atoms with van der Waals surface area (Å²) in [5.74, 6) is 0.296. The molecule has 7 heteroatoms. The van der Waals surface area contributed by atoms with Crippen molar-refractivity contribution in [2.24, 2.45) is 0 Å². The number of benzene rings is 2. The number of carbonyl (C=O) groups is 1. The molecule has 176 valence electrons. The van der Waals surface area contributed by atoms with E-state index >= 15 is 0 Å². The summed E-state index contributed by atoms with van der Waals surface area (Å²) in [4.78, 5) is 17.8. The second kappa shape index (κ2) is 13.5. The topological polar surface area (TPSA) is 75.0 Å². The molecule has 0 aliphatic rings. The highest BCUT2D eigenvalue weighted by Crippen LogP contribution is 2.23. The van der Waals surface area contributed by atoms with Crippen LogP contribution in [0.15, 0.2) is 60.3 Å². The molecule has 1 heterocycles. The highest BCUT2D eigenvalue weighted by atomic mass is 35.5. The first-order valence-electron chi connectivity index (χ1n) is 11.4. The molecule has 0 atom stereocenters. The molecule has 5 nitrogen and oxygen atoms in total.